The number of hydrogen-bond acceptors (Lipinski definition) is 7. The Hall–Kier alpha value is -2.92. The van der Waals surface area contributed by atoms with Crippen molar-refractivity contribution < 1.29 is 23.9 Å². The van der Waals surface area contributed by atoms with Crippen molar-refractivity contribution in [2.75, 3.05) is 13.2 Å². The summed E-state index contributed by atoms with van der Waals surface area (Å²) in [5, 5.41) is 6.78. The Kier molecular flexibility index (Phi) is 13.5. The number of halogens is 3. The molecule has 3 rings (SSSR count). The van der Waals surface area contributed by atoms with Crippen molar-refractivity contribution in [1.82, 2.24) is 26.1 Å². The maximum absolute atomic E-state index is 13.1. The van der Waals surface area contributed by atoms with E-state index in [2.05, 4.69) is 47.0 Å². The fourth-order valence-corrected chi connectivity index (χ4v) is 4.97. The molecule has 0 saturated carbocycles. The van der Waals surface area contributed by atoms with E-state index in [4.69, 9.17) is 39.5 Å². The first-order chi connectivity index (χ1) is 21.1. The summed E-state index contributed by atoms with van der Waals surface area (Å²) in [5.74, 6) is -1.68. The highest BCUT2D eigenvalue weighted by Crippen LogP contribution is 2.26. The van der Waals surface area contributed by atoms with Crippen LogP contribution in [0.2, 0.25) is 0 Å². The number of aromatic nitrogens is 1. The molecular weight excluding hydrogens is 641 g/mol. The van der Waals surface area contributed by atoms with Gasteiger partial charge in [0.25, 0.3) is 5.91 Å². The fourth-order valence-electron chi connectivity index (χ4n) is 4.81. The third-order valence-corrected chi connectivity index (χ3v) is 7.75. The summed E-state index contributed by atoms with van der Waals surface area (Å²) in [6, 6.07) is 9.62. The van der Waals surface area contributed by atoms with E-state index >= 15 is 0 Å². The highest BCUT2D eigenvalue weighted by molar-refractivity contribution is 6.67. The first-order valence-electron chi connectivity index (χ1n) is 15.1. The number of hydrogen-bond donors (Lipinski definition) is 3. The van der Waals surface area contributed by atoms with E-state index in [0.29, 0.717) is 31.7 Å². The van der Waals surface area contributed by atoms with Gasteiger partial charge in [-0.25, -0.2) is 5.43 Å². The molecule has 0 unspecified atom stereocenters. The number of alkyl halides is 3. The second kappa shape index (κ2) is 16.6. The molecule has 1 aromatic carbocycles. The van der Waals surface area contributed by atoms with Crippen molar-refractivity contribution in [3.63, 3.8) is 0 Å². The standard InChI is InChI=1S/C32H42Cl3N5O5/c1-19(2)23-8-6-9-24(16-23)25-13-11-22(17-36-25)12-14-27(41)38-28(20(3)4)29(42)37-21(5)30(43)40-15-7-10-26(39-40)31(44)45-18-32(33,34)35/h6,8-9,11,13,16-17,19-21,26,28,39H,7,10,12,14-15,18H2,1-5H3,(H,37,42)(H,38,41)/t21-,26-,28-/m0/s1. The Labute approximate surface area is 279 Å². The van der Waals surface area contributed by atoms with Crippen LogP contribution >= 0.6 is 34.8 Å². The van der Waals surface area contributed by atoms with Crippen LogP contribution in [0.4, 0.5) is 0 Å². The van der Waals surface area contributed by atoms with Gasteiger partial charge in [0.1, 0.15) is 24.7 Å². The molecule has 1 aromatic heterocycles. The first kappa shape index (κ1) is 36.5. The Balaban J connectivity index is 1.50. The smallest absolute Gasteiger partial charge is 0.325 e. The normalized spacial score (nSPS) is 16.7. The van der Waals surface area contributed by atoms with E-state index in [-0.39, 0.29) is 18.2 Å². The zero-order chi connectivity index (χ0) is 33.3. The number of rotatable bonds is 12. The largest absolute Gasteiger partial charge is 0.460 e. The molecule has 1 saturated heterocycles. The molecule has 3 N–H and O–H groups in total. The SMILES string of the molecule is CC(C)c1cccc(-c2ccc(CCC(=O)N[C@H](C(=O)N[C@@H](C)C(=O)N3CCC[C@@H](C(=O)OCC(Cl)(Cl)Cl)N3)C(C)C)cn2)c1. The molecular formula is C32H42Cl3N5O5. The van der Waals surface area contributed by atoms with Crippen LogP contribution in [-0.4, -0.2) is 68.8 Å². The molecule has 2 aromatic rings. The fraction of sp³-hybridized carbons (Fsp3) is 0.531. The van der Waals surface area contributed by atoms with Crippen molar-refractivity contribution in [2.24, 2.45) is 5.92 Å². The number of ether oxygens (including phenoxy) is 1. The van der Waals surface area contributed by atoms with Crippen LogP contribution in [0, 0.1) is 5.92 Å². The molecule has 1 fully saturated rings. The summed E-state index contributed by atoms with van der Waals surface area (Å²) >= 11 is 16.9. The molecule has 0 aliphatic carbocycles. The zero-order valence-electron chi connectivity index (χ0n) is 26.2. The van der Waals surface area contributed by atoms with Gasteiger partial charge in [-0.1, -0.05) is 86.8 Å². The van der Waals surface area contributed by atoms with Gasteiger partial charge in [0.15, 0.2) is 0 Å². The zero-order valence-corrected chi connectivity index (χ0v) is 28.5. The summed E-state index contributed by atoms with van der Waals surface area (Å²) in [6.45, 7) is 9.38. The third-order valence-electron chi connectivity index (χ3n) is 7.42. The van der Waals surface area contributed by atoms with Crippen LogP contribution in [0.3, 0.4) is 0 Å². The highest BCUT2D eigenvalue weighted by Gasteiger charge is 2.34. The van der Waals surface area contributed by atoms with Crippen molar-refractivity contribution in [3.8, 4) is 11.3 Å². The first-order valence-corrected chi connectivity index (χ1v) is 16.2. The molecule has 2 heterocycles. The Morgan fingerprint density at radius 3 is 2.42 bits per heavy atom. The van der Waals surface area contributed by atoms with Gasteiger partial charge in [-0.3, -0.25) is 29.2 Å². The van der Waals surface area contributed by atoms with Gasteiger partial charge in [-0.05, 0) is 61.3 Å². The Morgan fingerprint density at radius 2 is 1.80 bits per heavy atom. The summed E-state index contributed by atoms with van der Waals surface area (Å²) in [6.07, 6.45) is 3.35. The van der Waals surface area contributed by atoms with Gasteiger partial charge in [0.2, 0.25) is 15.6 Å². The molecule has 0 radical (unpaired) electrons. The molecule has 10 nitrogen and oxygen atoms in total. The Morgan fingerprint density at radius 1 is 1.07 bits per heavy atom. The quantitative estimate of drug-likeness (QED) is 0.216. The van der Waals surface area contributed by atoms with Crippen LogP contribution in [-0.2, 0) is 30.3 Å². The average molecular weight is 683 g/mol. The Bertz CT molecular complexity index is 1330. The van der Waals surface area contributed by atoms with Crippen LogP contribution in [0.25, 0.3) is 11.3 Å². The minimum atomic E-state index is -1.75. The summed E-state index contributed by atoms with van der Waals surface area (Å²) in [4.78, 5) is 56.0. The molecule has 45 heavy (non-hydrogen) atoms. The number of benzene rings is 1. The molecule has 0 bridgehead atoms. The number of carbonyl (C=O) groups is 4. The van der Waals surface area contributed by atoms with Gasteiger partial charge in [0.05, 0.1) is 5.69 Å². The number of amides is 3. The predicted octanol–water partition coefficient (Wildman–Crippen LogP) is 4.86. The van der Waals surface area contributed by atoms with Crippen molar-refractivity contribution in [2.45, 2.75) is 88.1 Å². The van der Waals surface area contributed by atoms with E-state index in [1.54, 1.807) is 13.1 Å². The van der Waals surface area contributed by atoms with E-state index in [9.17, 15) is 19.2 Å². The van der Waals surface area contributed by atoms with Crippen molar-refractivity contribution in [1.29, 1.82) is 0 Å². The number of aryl methyl sites for hydroxylation is 1. The number of hydrazine groups is 1. The van der Waals surface area contributed by atoms with Gasteiger partial charge in [-0.15, -0.1) is 0 Å². The number of esters is 1. The maximum Gasteiger partial charge on any atom is 0.325 e. The minimum absolute atomic E-state index is 0.169. The lowest BCUT2D eigenvalue weighted by molar-refractivity contribution is -0.152. The summed E-state index contributed by atoms with van der Waals surface area (Å²) < 4.78 is 3.28. The highest BCUT2D eigenvalue weighted by atomic mass is 35.6. The predicted molar refractivity (Wildman–Crippen MR) is 176 cm³/mol. The van der Waals surface area contributed by atoms with Crippen LogP contribution < -0.4 is 16.1 Å². The molecule has 3 atom stereocenters. The lowest BCUT2D eigenvalue weighted by Gasteiger charge is -2.34. The van der Waals surface area contributed by atoms with Crippen molar-refractivity contribution in [3.05, 3.63) is 53.7 Å². The van der Waals surface area contributed by atoms with Crippen molar-refractivity contribution >= 4 is 58.5 Å². The summed E-state index contributed by atoms with van der Waals surface area (Å²) in [7, 11) is 0. The van der Waals surface area contributed by atoms with Gasteiger partial charge < -0.3 is 15.4 Å². The average Bonchev–Trinajstić information content (AvgIpc) is 3.00. The molecule has 13 heteroatoms. The van der Waals surface area contributed by atoms with Crippen LogP contribution in [0.15, 0.2) is 42.6 Å². The monoisotopic (exact) mass is 681 g/mol. The second-order valence-corrected chi connectivity index (χ2v) is 14.4. The van der Waals surface area contributed by atoms with E-state index in [0.717, 1.165) is 16.8 Å². The number of carbonyl (C=O) groups excluding carboxylic acids is 4. The summed E-state index contributed by atoms with van der Waals surface area (Å²) in [5.41, 5.74) is 6.88. The molecule has 246 valence electrons. The number of nitrogens with zero attached hydrogens (tertiary/aromatic N) is 2. The molecule has 1 aliphatic heterocycles. The van der Waals surface area contributed by atoms with Crippen LogP contribution in [0.1, 0.15) is 70.9 Å². The minimum Gasteiger partial charge on any atom is -0.460 e. The molecule has 3 amide bonds. The lowest BCUT2D eigenvalue weighted by Crippen LogP contribution is -2.61. The van der Waals surface area contributed by atoms with Crippen LogP contribution in [0.5, 0.6) is 0 Å². The topological polar surface area (TPSA) is 130 Å². The maximum atomic E-state index is 13.1. The van der Waals surface area contributed by atoms with Gasteiger partial charge >= 0.3 is 5.97 Å². The second-order valence-electron chi connectivity index (χ2n) is 11.9. The van der Waals surface area contributed by atoms with Gasteiger partial charge in [-0.2, -0.15) is 0 Å². The molecule has 1 aliphatic rings. The van der Waals surface area contributed by atoms with Gasteiger partial charge in [0, 0.05) is 24.7 Å². The number of pyridine rings is 1. The molecule has 0 spiro atoms. The van der Waals surface area contributed by atoms with E-state index < -0.39 is 46.3 Å². The van der Waals surface area contributed by atoms with E-state index in [1.807, 2.05) is 38.1 Å². The third kappa shape index (κ3) is 11.4. The number of nitrogens with one attached hydrogen (secondary N) is 3. The van der Waals surface area contributed by atoms with E-state index in [1.165, 1.54) is 10.6 Å². The lowest BCUT2D eigenvalue weighted by atomic mass is 9.99.